The third kappa shape index (κ3) is 2.55. The maximum Gasteiger partial charge on any atom is 0.0444 e. The van der Waals surface area contributed by atoms with Crippen molar-refractivity contribution in [1.82, 2.24) is 5.32 Å². The first kappa shape index (κ1) is 9.07. The molecule has 0 fully saturated rings. The predicted octanol–water partition coefficient (Wildman–Crippen LogP) is 1.14. The zero-order chi connectivity index (χ0) is 8.81. The highest BCUT2D eigenvalue weighted by Crippen LogP contribution is 2.08. The van der Waals surface area contributed by atoms with Crippen LogP contribution in [0.25, 0.3) is 0 Å². The van der Waals surface area contributed by atoms with Crippen LogP contribution in [0.3, 0.4) is 0 Å². The molecule has 1 aromatic rings. The largest absolute Gasteiger partial charge is 0.373 e. The summed E-state index contributed by atoms with van der Waals surface area (Å²) >= 11 is 0. The Balaban J connectivity index is 2.48. The van der Waals surface area contributed by atoms with Crippen LogP contribution < -0.4 is 10.2 Å². The number of anilines is 1. The fourth-order valence-electron chi connectivity index (χ4n) is 1.02. The van der Waals surface area contributed by atoms with E-state index >= 15 is 0 Å². The zero-order valence-electron chi connectivity index (χ0n) is 7.67. The molecule has 0 aliphatic carbocycles. The van der Waals surface area contributed by atoms with Gasteiger partial charge >= 0.3 is 0 Å². The van der Waals surface area contributed by atoms with Crippen molar-refractivity contribution < 1.29 is 0 Å². The number of para-hydroxylation sites is 1. The Labute approximate surface area is 74.2 Å². The van der Waals surface area contributed by atoms with Crippen molar-refractivity contribution in [2.75, 3.05) is 32.1 Å². The van der Waals surface area contributed by atoms with Gasteiger partial charge in [-0.2, -0.15) is 0 Å². The van der Waals surface area contributed by atoms with Crippen LogP contribution in [0, 0.1) is 6.07 Å². The Bertz CT molecular complexity index is 208. The van der Waals surface area contributed by atoms with Crippen LogP contribution in [0.2, 0.25) is 0 Å². The number of nitrogens with zero attached hydrogens (tertiary/aromatic N) is 1. The van der Waals surface area contributed by atoms with Crippen molar-refractivity contribution in [3.8, 4) is 0 Å². The van der Waals surface area contributed by atoms with Crippen molar-refractivity contribution in [1.29, 1.82) is 0 Å². The lowest BCUT2D eigenvalue weighted by molar-refractivity contribution is 0.767. The normalized spacial score (nSPS) is 9.83. The molecule has 1 rings (SSSR count). The Morgan fingerprint density at radius 2 is 2.33 bits per heavy atom. The summed E-state index contributed by atoms with van der Waals surface area (Å²) in [6, 6.07) is 11.2. The molecular weight excluding hydrogens is 148 g/mol. The molecule has 0 aliphatic rings. The van der Waals surface area contributed by atoms with Crippen LogP contribution in [0.4, 0.5) is 5.69 Å². The van der Waals surface area contributed by atoms with Gasteiger partial charge in [0.15, 0.2) is 0 Å². The molecule has 0 aliphatic heterocycles. The van der Waals surface area contributed by atoms with Gasteiger partial charge in [0.25, 0.3) is 0 Å². The molecule has 0 spiro atoms. The molecule has 0 atom stereocenters. The highest BCUT2D eigenvalue weighted by molar-refractivity contribution is 5.43. The van der Waals surface area contributed by atoms with E-state index in [9.17, 15) is 0 Å². The van der Waals surface area contributed by atoms with Gasteiger partial charge in [0, 0.05) is 31.9 Å². The quantitative estimate of drug-likeness (QED) is 0.716. The first-order chi connectivity index (χ1) is 5.84. The molecule has 0 unspecified atom stereocenters. The zero-order valence-corrected chi connectivity index (χ0v) is 7.67. The second-order valence-corrected chi connectivity index (χ2v) is 2.77. The van der Waals surface area contributed by atoms with Gasteiger partial charge in [0.1, 0.15) is 0 Å². The number of rotatable bonds is 4. The Hall–Kier alpha value is -1.02. The van der Waals surface area contributed by atoms with Crippen molar-refractivity contribution >= 4 is 5.69 Å². The van der Waals surface area contributed by atoms with E-state index in [0.717, 1.165) is 18.8 Å². The van der Waals surface area contributed by atoms with Gasteiger partial charge in [-0.15, -0.1) is 0 Å². The minimum Gasteiger partial charge on any atom is -0.373 e. The summed E-state index contributed by atoms with van der Waals surface area (Å²) in [5.41, 5.74) is 1.15. The lowest BCUT2D eigenvalue weighted by Gasteiger charge is -2.18. The van der Waals surface area contributed by atoms with E-state index < -0.39 is 0 Å². The fourth-order valence-corrected chi connectivity index (χ4v) is 1.02. The van der Waals surface area contributed by atoms with Gasteiger partial charge in [0.2, 0.25) is 0 Å². The molecule has 2 heteroatoms. The second kappa shape index (κ2) is 4.78. The molecule has 0 saturated carbocycles. The van der Waals surface area contributed by atoms with E-state index in [2.05, 4.69) is 29.4 Å². The topological polar surface area (TPSA) is 15.3 Å². The number of hydrogen-bond acceptors (Lipinski definition) is 2. The molecule has 0 aromatic heterocycles. The van der Waals surface area contributed by atoms with E-state index in [0.29, 0.717) is 0 Å². The van der Waals surface area contributed by atoms with E-state index in [1.165, 1.54) is 0 Å². The summed E-state index contributed by atoms with van der Waals surface area (Å²) in [5.74, 6) is 0. The highest BCUT2D eigenvalue weighted by atomic mass is 15.1. The van der Waals surface area contributed by atoms with E-state index in [4.69, 9.17) is 0 Å². The molecule has 0 bridgehead atoms. The van der Waals surface area contributed by atoms with Gasteiger partial charge in [-0.25, -0.2) is 0 Å². The van der Waals surface area contributed by atoms with Crippen LogP contribution in [0.15, 0.2) is 24.3 Å². The molecule has 1 N–H and O–H groups in total. The maximum atomic E-state index is 3.18. The van der Waals surface area contributed by atoms with Crippen molar-refractivity contribution in [2.24, 2.45) is 0 Å². The highest BCUT2D eigenvalue weighted by Gasteiger charge is 1.96. The molecule has 0 saturated heterocycles. The first-order valence-electron chi connectivity index (χ1n) is 4.17. The molecule has 0 heterocycles. The third-order valence-corrected chi connectivity index (χ3v) is 1.80. The fraction of sp³-hybridized carbons (Fsp3) is 0.400. The van der Waals surface area contributed by atoms with Gasteiger partial charge in [0.05, 0.1) is 0 Å². The molecule has 1 aromatic carbocycles. The number of likely N-dealkylation sites (N-methyl/N-ethyl adjacent to an activating group) is 2. The molecule has 0 amide bonds. The Morgan fingerprint density at radius 1 is 1.50 bits per heavy atom. The van der Waals surface area contributed by atoms with Crippen molar-refractivity contribution in [2.45, 2.75) is 0 Å². The van der Waals surface area contributed by atoms with Gasteiger partial charge in [-0.3, -0.25) is 0 Å². The van der Waals surface area contributed by atoms with Gasteiger partial charge < -0.3 is 10.2 Å². The maximum absolute atomic E-state index is 3.18. The van der Waals surface area contributed by atoms with Crippen LogP contribution in [-0.4, -0.2) is 27.2 Å². The van der Waals surface area contributed by atoms with E-state index in [1.54, 1.807) is 0 Å². The summed E-state index contributed by atoms with van der Waals surface area (Å²) in [5, 5.41) is 3.11. The number of hydrogen-bond donors (Lipinski definition) is 1. The molecule has 1 radical (unpaired) electrons. The smallest absolute Gasteiger partial charge is 0.0444 e. The average Bonchev–Trinajstić information content (AvgIpc) is 2.15. The van der Waals surface area contributed by atoms with E-state index in [-0.39, 0.29) is 0 Å². The number of benzene rings is 1. The third-order valence-electron chi connectivity index (χ3n) is 1.80. The molecule has 65 valence electrons. The summed E-state index contributed by atoms with van der Waals surface area (Å²) in [6.45, 7) is 2.01. The Kier molecular flexibility index (Phi) is 3.61. The first-order valence-corrected chi connectivity index (χ1v) is 4.17. The van der Waals surface area contributed by atoms with Crippen LogP contribution in [0.1, 0.15) is 0 Å². The summed E-state index contributed by atoms with van der Waals surface area (Å²) < 4.78 is 0. The predicted molar refractivity (Wildman–Crippen MR) is 52.5 cm³/mol. The van der Waals surface area contributed by atoms with Crippen LogP contribution in [-0.2, 0) is 0 Å². The Morgan fingerprint density at radius 3 is 2.92 bits per heavy atom. The lowest BCUT2D eigenvalue weighted by Crippen LogP contribution is -2.26. The summed E-state index contributed by atoms with van der Waals surface area (Å²) in [7, 11) is 4.03. The van der Waals surface area contributed by atoms with Crippen LogP contribution >= 0.6 is 0 Å². The summed E-state index contributed by atoms with van der Waals surface area (Å²) in [4.78, 5) is 2.18. The van der Waals surface area contributed by atoms with E-state index in [1.807, 2.05) is 25.2 Å². The van der Waals surface area contributed by atoms with Crippen molar-refractivity contribution in [3.05, 3.63) is 30.3 Å². The van der Waals surface area contributed by atoms with Crippen LogP contribution in [0.5, 0.6) is 0 Å². The summed E-state index contributed by atoms with van der Waals surface area (Å²) in [6.07, 6.45) is 0. The van der Waals surface area contributed by atoms with Gasteiger partial charge in [-0.05, 0) is 13.1 Å². The van der Waals surface area contributed by atoms with Gasteiger partial charge in [-0.1, -0.05) is 18.2 Å². The minimum atomic E-state index is 0.999. The molecule has 12 heavy (non-hydrogen) atoms. The minimum absolute atomic E-state index is 0.999. The molecular formula is C10H15N2. The van der Waals surface area contributed by atoms with Crippen molar-refractivity contribution in [3.63, 3.8) is 0 Å². The lowest BCUT2D eigenvalue weighted by atomic mass is 10.3. The average molecular weight is 163 g/mol. The SMILES string of the molecule is CNCCN(C)c1[c]cccc1. The monoisotopic (exact) mass is 163 g/mol. The second-order valence-electron chi connectivity index (χ2n) is 2.77. The molecule has 2 nitrogen and oxygen atoms in total. The standard InChI is InChI=1S/C10H15N2/c1-11-8-9-12(2)10-6-4-3-5-7-10/h3-6,11H,8-9H2,1-2H3. The number of nitrogens with one attached hydrogen (secondary N) is 1.